The Morgan fingerprint density at radius 1 is 1.77 bits per heavy atom. The lowest BCUT2D eigenvalue weighted by atomic mass is 10.3. The van der Waals surface area contributed by atoms with E-state index in [1.807, 2.05) is 6.92 Å². The second kappa shape index (κ2) is 4.14. The summed E-state index contributed by atoms with van der Waals surface area (Å²) in [5.41, 5.74) is 7.24. The van der Waals surface area contributed by atoms with Crippen LogP contribution in [0.1, 0.15) is 6.92 Å². The Labute approximate surface area is 82.6 Å². The zero-order valence-electron chi connectivity index (χ0n) is 7.47. The summed E-state index contributed by atoms with van der Waals surface area (Å²) in [6.07, 6.45) is 1.55. The van der Waals surface area contributed by atoms with E-state index in [0.717, 1.165) is 5.57 Å². The molecule has 3 N–H and O–H groups in total. The van der Waals surface area contributed by atoms with Crippen LogP contribution in [-0.4, -0.2) is 11.5 Å². The number of hydrogen-bond acceptors (Lipinski definition) is 3. The lowest BCUT2D eigenvalue weighted by Crippen LogP contribution is -2.06. The number of aromatic nitrogens is 1. The van der Waals surface area contributed by atoms with E-state index in [0.29, 0.717) is 23.1 Å². The third-order valence-electron chi connectivity index (χ3n) is 1.44. The molecule has 3 nitrogen and oxygen atoms in total. The van der Waals surface area contributed by atoms with Gasteiger partial charge in [0.05, 0.1) is 10.7 Å². The van der Waals surface area contributed by atoms with Crippen molar-refractivity contribution in [3.8, 4) is 0 Å². The minimum absolute atomic E-state index is 0.540. The zero-order chi connectivity index (χ0) is 9.84. The zero-order valence-corrected chi connectivity index (χ0v) is 8.23. The second-order valence-corrected chi connectivity index (χ2v) is 3.34. The Balaban J connectivity index is 2.72. The van der Waals surface area contributed by atoms with Crippen molar-refractivity contribution in [2.45, 2.75) is 6.92 Å². The van der Waals surface area contributed by atoms with E-state index in [-0.39, 0.29) is 0 Å². The standard InChI is InChI=1S/C9H12ClN3/c1-6(2)4-12-9-8(11)3-7(10)5-13-9/h3,5H,1,4,11H2,2H3,(H,12,13). The summed E-state index contributed by atoms with van der Waals surface area (Å²) in [6, 6.07) is 1.66. The number of hydrogen-bond donors (Lipinski definition) is 2. The van der Waals surface area contributed by atoms with E-state index in [2.05, 4.69) is 16.9 Å². The highest BCUT2D eigenvalue weighted by atomic mass is 35.5. The average Bonchev–Trinajstić information content (AvgIpc) is 2.02. The van der Waals surface area contributed by atoms with Crippen molar-refractivity contribution in [1.82, 2.24) is 4.98 Å². The molecule has 70 valence electrons. The molecule has 0 amide bonds. The van der Waals surface area contributed by atoms with Gasteiger partial charge in [0.2, 0.25) is 0 Å². The van der Waals surface area contributed by atoms with Crippen molar-refractivity contribution in [2.75, 3.05) is 17.6 Å². The van der Waals surface area contributed by atoms with Crippen LogP contribution in [-0.2, 0) is 0 Å². The summed E-state index contributed by atoms with van der Waals surface area (Å²) in [6.45, 7) is 6.36. The molecule has 0 saturated carbocycles. The first kappa shape index (κ1) is 9.86. The average molecular weight is 198 g/mol. The molecule has 0 spiro atoms. The van der Waals surface area contributed by atoms with Crippen molar-refractivity contribution < 1.29 is 0 Å². The fourth-order valence-electron chi connectivity index (χ4n) is 0.837. The van der Waals surface area contributed by atoms with Crippen molar-refractivity contribution >= 4 is 23.1 Å². The van der Waals surface area contributed by atoms with Gasteiger partial charge in [0.25, 0.3) is 0 Å². The molecule has 13 heavy (non-hydrogen) atoms. The maximum absolute atomic E-state index is 5.69. The molecular weight excluding hydrogens is 186 g/mol. The first-order chi connectivity index (χ1) is 6.09. The van der Waals surface area contributed by atoms with E-state index in [1.165, 1.54) is 0 Å². The normalized spacial score (nSPS) is 9.69. The minimum Gasteiger partial charge on any atom is -0.396 e. The predicted octanol–water partition coefficient (Wildman–Crippen LogP) is 2.31. The molecule has 0 aromatic carbocycles. The smallest absolute Gasteiger partial charge is 0.149 e. The van der Waals surface area contributed by atoms with Gasteiger partial charge in [0, 0.05) is 12.7 Å². The van der Waals surface area contributed by atoms with E-state index in [1.54, 1.807) is 12.3 Å². The lowest BCUT2D eigenvalue weighted by Gasteiger charge is -2.07. The summed E-state index contributed by atoms with van der Waals surface area (Å²) < 4.78 is 0. The van der Waals surface area contributed by atoms with E-state index in [4.69, 9.17) is 17.3 Å². The van der Waals surface area contributed by atoms with Gasteiger partial charge in [-0.2, -0.15) is 0 Å². The highest BCUT2D eigenvalue weighted by molar-refractivity contribution is 6.30. The maximum atomic E-state index is 5.69. The monoisotopic (exact) mass is 197 g/mol. The third-order valence-corrected chi connectivity index (χ3v) is 1.65. The van der Waals surface area contributed by atoms with Gasteiger partial charge < -0.3 is 11.1 Å². The van der Waals surface area contributed by atoms with Gasteiger partial charge in [-0.1, -0.05) is 23.8 Å². The molecule has 0 aliphatic carbocycles. The molecule has 4 heteroatoms. The highest BCUT2D eigenvalue weighted by Gasteiger charge is 1.99. The SMILES string of the molecule is C=C(C)CNc1ncc(Cl)cc1N. The number of nitrogens with zero attached hydrogens (tertiary/aromatic N) is 1. The van der Waals surface area contributed by atoms with Crippen molar-refractivity contribution in [1.29, 1.82) is 0 Å². The number of nitrogen functional groups attached to an aromatic ring is 1. The molecule has 0 bridgehead atoms. The predicted molar refractivity (Wildman–Crippen MR) is 57.0 cm³/mol. The van der Waals surface area contributed by atoms with E-state index in [9.17, 15) is 0 Å². The largest absolute Gasteiger partial charge is 0.396 e. The topological polar surface area (TPSA) is 50.9 Å². The Kier molecular flexibility index (Phi) is 3.14. The van der Waals surface area contributed by atoms with Gasteiger partial charge in [-0.05, 0) is 13.0 Å². The first-order valence-corrected chi connectivity index (χ1v) is 4.26. The molecule has 0 atom stereocenters. The van der Waals surface area contributed by atoms with Gasteiger partial charge in [-0.25, -0.2) is 4.98 Å². The lowest BCUT2D eigenvalue weighted by molar-refractivity contribution is 1.17. The molecule has 1 heterocycles. The number of anilines is 2. The van der Waals surface area contributed by atoms with Crippen LogP contribution in [0.2, 0.25) is 5.02 Å². The van der Waals surface area contributed by atoms with Gasteiger partial charge in [0.15, 0.2) is 0 Å². The van der Waals surface area contributed by atoms with Gasteiger partial charge >= 0.3 is 0 Å². The molecule has 1 aromatic heterocycles. The number of nitrogens with one attached hydrogen (secondary N) is 1. The summed E-state index contributed by atoms with van der Waals surface area (Å²) >= 11 is 5.69. The second-order valence-electron chi connectivity index (χ2n) is 2.90. The van der Waals surface area contributed by atoms with Gasteiger partial charge in [-0.15, -0.1) is 0 Å². The molecule has 0 unspecified atom stereocenters. The molecule has 0 fully saturated rings. The first-order valence-electron chi connectivity index (χ1n) is 3.89. The molecule has 0 saturated heterocycles. The van der Waals surface area contributed by atoms with Crippen molar-refractivity contribution in [3.05, 3.63) is 29.4 Å². The van der Waals surface area contributed by atoms with Gasteiger partial charge in [0.1, 0.15) is 5.82 Å². The molecule has 0 aliphatic rings. The maximum Gasteiger partial charge on any atom is 0.149 e. The van der Waals surface area contributed by atoms with Crippen molar-refractivity contribution in [2.24, 2.45) is 0 Å². The Bertz CT molecular complexity index is 323. The van der Waals surface area contributed by atoms with Crippen LogP contribution in [0.5, 0.6) is 0 Å². The van der Waals surface area contributed by atoms with Crippen LogP contribution < -0.4 is 11.1 Å². The Morgan fingerprint density at radius 2 is 2.46 bits per heavy atom. The fraction of sp³-hybridized carbons (Fsp3) is 0.222. The molecular formula is C9H12ClN3. The van der Waals surface area contributed by atoms with Crippen LogP contribution in [0.25, 0.3) is 0 Å². The van der Waals surface area contributed by atoms with Crippen LogP contribution >= 0.6 is 11.6 Å². The summed E-state index contributed by atoms with van der Waals surface area (Å²) in [5.74, 6) is 0.646. The Hall–Kier alpha value is -1.22. The third kappa shape index (κ3) is 2.95. The minimum atomic E-state index is 0.540. The van der Waals surface area contributed by atoms with Crippen LogP contribution in [0, 0.1) is 0 Å². The fourth-order valence-corrected chi connectivity index (χ4v) is 1.00. The summed E-state index contributed by atoms with van der Waals surface area (Å²) in [7, 11) is 0. The number of rotatable bonds is 3. The van der Waals surface area contributed by atoms with Crippen LogP contribution in [0.15, 0.2) is 24.4 Å². The Morgan fingerprint density at radius 3 is 3.00 bits per heavy atom. The number of halogens is 1. The summed E-state index contributed by atoms with van der Waals surface area (Å²) in [5, 5.41) is 3.59. The van der Waals surface area contributed by atoms with E-state index >= 15 is 0 Å². The summed E-state index contributed by atoms with van der Waals surface area (Å²) in [4.78, 5) is 4.04. The quantitative estimate of drug-likeness (QED) is 0.732. The van der Waals surface area contributed by atoms with Crippen LogP contribution in [0.4, 0.5) is 11.5 Å². The molecule has 1 rings (SSSR count). The van der Waals surface area contributed by atoms with Crippen molar-refractivity contribution in [3.63, 3.8) is 0 Å². The number of nitrogens with two attached hydrogens (primary N) is 1. The van der Waals surface area contributed by atoms with E-state index < -0.39 is 0 Å². The van der Waals surface area contributed by atoms with Crippen LogP contribution in [0.3, 0.4) is 0 Å². The van der Waals surface area contributed by atoms with Gasteiger partial charge in [-0.3, -0.25) is 0 Å². The number of pyridine rings is 1. The molecule has 0 aliphatic heterocycles. The molecule has 1 aromatic rings. The highest BCUT2D eigenvalue weighted by Crippen LogP contribution is 2.19. The molecule has 0 radical (unpaired) electrons.